The number of benzene rings is 1. The van der Waals surface area contributed by atoms with Crippen LogP contribution in [-0.2, 0) is 4.79 Å². The van der Waals surface area contributed by atoms with Crippen LogP contribution in [0.4, 0.5) is 0 Å². The van der Waals surface area contributed by atoms with E-state index in [0.717, 1.165) is 31.5 Å². The van der Waals surface area contributed by atoms with Crippen molar-refractivity contribution in [3.05, 3.63) is 35.9 Å². The van der Waals surface area contributed by atoms with Crippen molar-refractivity contribution in [2.45, 2.75) is 31.3 Å². The van der Waals surface area contributed by atoms with Gasteiger partial charge in [0.2, 0.25) is 5.91 Å². The third kappa shape index (κ3) is 3.58. The summed E-state index contributed by atoms with van der Waals surface area (Å²) >= 11 is 0. The molecule has 1 aliphatic heterocycles. The van der Waals surface area contributed by atoms with Crippen LogP contribution in [-0.4, -0.2) is 43.5 Å². The second-order valence-corrected chi connectivity index (χ2v) is 6.06. The molecule has 1 aromatic carbocycles. The third-order valence-electron chi connectivity index (χ3n) is 3.92. The van der Waals surface area contributed by atoms with E-state index in [4.69, 9.17) is 0 Å². The molecule has 1 aliphatic rings. The van der Waals surface area contributed by atoms with Crippen LogP contribution in [0.1, 0.15) is 31.4 Å². The van der Waals surface area contributed by atoms with Crippen LogP contribution in [0.15, 0.2) is 30.3 Å². The number of rotatable bonds is 5. The first-order valence-corrected chi connectivity index (χ1v) is 7.27. The Morgan fingerprint density at radius 1 is 1.40 bits per heavy atom. The summed E-state index contributed by atoms with van der Waals surface area (Å²) in [6, 6.07) is 10.2. The maximum atomic E-state index is 12.5. The van der Waals surface area contributed by atoms with Crippen molar-refractivity contribution in [2.75, 3.05) is 27.2 Å². The summed E-state index contributed by atoms with van der Waals surface area (Å²) in [7, 11) is 4.05. The van der Waals surface area contributed by atoms with Crippen molar-refractivity contribution in [1.29, 1.82) is 0 Å². The SMILES string of the molecule is CN(C)CC(NC(=O)C1(C)CCCN1)c1ccccc1. The van der Waals surface area contributed by atoms with Crippen LogP contribution in [0.5, 0.6) is 0 Å². The standard InChI is InChI=1S/C16H25N3O/c1-16(10-7-11-17-16)15(20)18-14(12-19(2)3)13-8-5-4-6-9-13/h4-6,8-9,14,17H,7,10-12H2,1-3H3,(H,18,20). The smallest absolute Gasteiger partial charge is 0.240 e. The van der Waals surface area contributed by atoms with E-state index < -0.39 is 5.54 Å². The quantitative estimate of drug-likeness (QED) is 0.857. The van der Waals surface area contributed by atoms with Crippen molar-refractivity contribution in [2.24, 2.45) is 0 Å². The van der Waals surface area contributed by atoms with E-state index >= 15 is 0 Å². The molecule has 0 spiro atoms. The van der Waals surface area contributed by atoms with Gasteiger partial charge in [-0.25, -0.2) is 0 Å². The molecule has 1 fully saturated rings. The number of carbonyl (C=O) groups excluding carboxylic acids is 1. The van der Waals surface area contributed by atoms with Gasteiger partial charge in [-0.15, -0.1) is 0 Å². The zero-order chi connectivity index (χ0) is 14.6. The molecule has 0 saturated carbocycles. The van der Waals surface area contributed by atoms with Crippen molar-refractivity contribution in [1.82, 2.24) is 15.5 Å². The van der Waals surface area contributed by atoms with Gasteiger partial charge < -0.3 is 15.5 Å². The van der Waals surface area contributed by atoms with Crippen LogP contribution in [0.2, 0.25) is 0 Å². The Morgan fingerprint density at radius 2 is 2.10 bits per heavy atom. The molecule has 2 unspecified atom stereocenters. The van der Waals surface area contributed by atoms with Gasteiger partial charge in [-0.3, -0.25) is 4.79 Å². The van der Waals surface area contributed by atoms with Gasteiger partial charge in [-0.2, -0.15) is 0 Å². The second-order valence-electron chi connectivity index (χ2n) is 6.06. The van der Waals surface area contributed by atoms with Crippen LogP contribution >= 0.6 is 0 Å². The first kappa shape index (κ1) is 15.0. The number of carbonyl (C=O) groups is 1. The second kappa shape index (κ2) is 6.37. The lowest BCUT2D eigenvalue weighted by molar-refractivity contribution is -0.127. The average Bonchev–Trinajstić information content (AvgIpc) is 2.87. The highest BCUT2D eigenvalue weighted by atomic mass is 16.2. The molecule has 1 heterocycles. The molecule has 2 N–H and O–H groups in total. The Balaban J connectivity index is 2.10. The molecule has 0 aromatic heterocycles. The fourth-order valence-electron chi connectivity index (χ4n) is 2.69. The first-order valence-electron chi connectivity index (χ1n) is 7.27. The predicted octanol–water partition coefficient (Wildman–Crippen LogP) is 1.55. The van der Waals surface area contributed by atoms with Crippen molar-refractivity contribution in [3.63, 3.8) is 0 Å². The molecule has 0 radical (unpaired) electrons. The monoisotopic (exact) mass is 275 g/mol. The number of amides is 1. The number of likely N-dealkylation sites (N-methyl/N-ethyl adjacent to an activating group) is 1. The predicted molar refractivity (Wildman–Crippen MR) is 81.5 cm³/mol. The maximum Gasteiger partial charge on any atom is 0.240 e. The molecule has 0 aliphatic carbocycles. The van der Waals surface area contributed by atoms with Gasteiger partial charge in [-0.05, 0) is 46.0 Å². The number of hydrogen-bond acceptors (Lipinski definition) is 3. The van der Waals surface area contributed by atoms with E-state index in [9.17, 15) is 4.79 Å². The van der Waals surface area contributed by atoms with Crippen molar-refractivity contribution < 1.29 is 4.79 Å². The molecular weight excluding hydrogens is 250 g/mol. The van der Waals surface area contributed by atoms with Crippen LogP contribution in [0, 0.1) is 0 Å². The molecule has 20 heavy (non-hydrogen) atoms. The molecule has 0 bridgehead atoms. The van der Waals surface area contributed by atoms with Gasteiger partial charge in [0, 0.05) is 6.54 Å². The van der Waals surface area contributed by atoms with E-state index in [0.29, 0.717) is 0 Å². The minimum Gasteiger partial charge on any atom is -0.346 e. The lowest BCUT2D eigenvalue weighted by atomic mass is 9.97. The number of nitrogens with one attached hydrogen (secondary N) is 2. The summed E-state index contributed by atoms with van der Waals surface area (Å²) in [6.45, 7) is 3.71. The molecule has 110 valence electrons. The molecular formula is C16H25N3O. The molecule has 4 nitrogen and oxygen atoms in total. The summed E-state index contributed by atoms with van der Waals surface area (Å²) in [5.74, 6) is 0.103. The molecule has 1 aromatic rings. The van der Waals surface area contributed by atoms with E-state index in [1.807, 2.05) is 39.2 Å². The van der Waals surface area contributed by atoms with Gasteiger partial charge in [0.25, 0.3) is 0 Å². The third-order valence-corrected chi connectivity index (χ3v) is 3.92. The highest BCUT2D eigenvalue weighted by molar-refractivity contribution is 5.86. The lowest BCUT2D eigenvalue weighted by Crippen LogP contribution is -2.52. The summed E-state index contributed by atoms with van der Waals surface area (Å²) in [4.78, 5) is 14.6. The summed E-state index contributed by atoms with van der Waals surface area (Å²) < 4.78 is 0. The molecule has 4 heteroatoms. The summed E-state index contributed by atoms with van der Waals surface area (Å²) in [5, 5.41) is 6.52. The minimum absolute atomic E-state index is 0.0259. The average molecular weight is 275 g/mol. The number of hydrogen-bond donors (Lipinski definition) is 2. The van der Waals surface area contributed by atoms with Gasteiger partial charge in [-0.1, -0.05) is 30.3 Å². The Kier molecular flexibility index (Phi) is 4.78. The Morgan fingerprint density at radius 3 is 2.65 bits per heavy atom. The maximum absolute atomic E-state index is 12.5. The highest BCUT2D eigenvalue weighted by Gasteiger charge is 2.36. The van der Waals surface area contributed by atoms with Gasteiger partial charge in [0.05, 0.1) is 11.6 Å². The Hall–Kier alpha value is -1.39. The normalized spacial score (nSPS) is 23.8. The summed E-state index contributed by atoms with van der Waals surface area (Å²) in [6.07, 6.45) is 1.97. The number of nitrogens with zero attached hydrogens (tertiary/aromatic N) is 1. The zero-order valence-electron chi connectivity index (χ0n) is 12.6. The van der Waals surface area contributed by atoms with E-state index in [2.05, 4.69) is 27.7 Å². The molecule has 2 atom stereocenters. The van der Waals surface area contributed by atoms with Crippen LogP contribution < -0.4 is 10.6 Å². The van der Waals surface area contributed by atoms with Crippen molar-refractivity contribution in [3.8, 4) is 0 Å². The largest absolute Gasteiger partial charge is 0.346 e. The minimum atomic E-state index is -0.417. The highest BCUT2D eigenvalue weighted by Crippen LogP contribution is 2.21. The van der Waals surface area contributed by atoms with E-state index in [1.54, 1.807) is 0 Å². The van der Waals surface area contributed by atoms with Crippen molar-refractivity contribution >= 4 is 5.91 Å². The fraction of sp³-hybridized carbons (Fsp3) is 0.562. The Labute approximate surface area is 121 Å². The summed E-state index contributed by atoms with van der Waals surface area (Å²) in [5.41, 5.74) is 0.732. The topological polar surface area (TPSA) is 44.4 Å². The Bertz CT molecular complexity index is 438. The van der Waals surface area contributed by atoms with Gasteiger partial charge in [0.1, 0.15) is 0 Å². The lowest BCUT2D eigenvalue weighted by Gasteiger charge is -2.29. The van der Waals surface area contributed by atoms with Crippen LogP contribution in [0.25, 0.3) is 0 Å². The van der Waals surface area contributed by atoms with Gasteiger partial charge >= 0.3 is 0 Å². The zero-order valence-corrected chi connectivity index (χ0v) is 12.6. The van der Waals surface area contributed by atoms with Crippen LogP contribution in [0.3, 0.4) is 0 Å². The molecule has 2 rings (SSSR count). The molecule has 1 amide bonds. The fourth-order valence-corrected chi connectivity index (χ4v) is 2.69. The first-order chi connectivity index (χ1) is 9.51. The molecule has 1 saturated heterocycles. The van der Waals surface area contributed by atoms with E-state index in [1.165, 1.54) is 0 Å². The van der Waals surface area contributed by atoms with Gasteiger partial charge in [0.15, 0.2) is 0 Å². The van der Waals surface area contributed by atoms with E-state index in [-0.39, 0.29) is 11.9 Å².